The molecule has 0 aliphatic rings. The molecule has 100 valence electrons. The molecular formula is C14H19F2NO. The minimum Gasteiger partial charge on any atom is -0.351 e. The number of alkyl halides is 2. The van der Waals surface area contributed by atoms with Gasteiger partial charge in [0.2, 0.25) is 5.91 Å². The van der Waals surface area contributed by atoms with Gasteiger partial charge in [-0.3, -0.25) is 4.79 Å². The summed E-state index contributed by atoms with van der Waals surface area (Å²) >= 11 is 0. The van der Waals surface area contributed by atoms with E-state index in [1.54, 1.807) is 51.1 Å². The average molecular weight is 255 g/mol. The Kier molecular flexibility index (Phi) is 4.09. The summed E-state index contributed by atoms with van der Waals surface area (Å²) in [7, 11) is 0. The van der Waals surface area contributed by atoms with Gasteiger partial charge in [0.25, 0.3) is 6.43 Å². The Morgan fingerprint density at radius 1 is 1.11 bits per heavy atom. The van der Waals surface area contributed by atoms with Crippen LogP contribution in [-0.4, -0.2) is 17.9 Å². The second kappa shape index (κ2) is 5.04. The second-order valence-corrected chi connectivity index (χ2v) is 5.57. The number of halogens is 2. The van der Waals surface area contributed by atoms with E-state index in [2.05, 4.69) is 5.32 Å². The van der Waals surface area contributed by atoms with Crippen LogP contribution in [-0.2, 0) is 10.2 Å². The smallest absolute Gasteiger partial charge is 0.256 e. The van der Waals surface area contributed by atoms with Crippen LogP contribution in [0.5, 0.6) is 0 Å². The summed E-state index contributed by atoms with van der Waals surface area (Å²) in [5.41, 5.74) is -2.04. The standard InChI is InChI=1S/C14H19F2NO/c1-13(2,3)17-12(18)14(4,11(15)16)10-8-6-5-7-9-10/h5-9,11H,1-4H3,(H,17,18)/t14-/m1/s1. The quantitative estimate of drug-likeness (QED) is 0.883. The topological polar surface area (TPSA) is 29.1 Å². The van der Waals surface area contributed by atoms with Crippen molar-refractivity contribution >= 4 is 5.91 Å². The fourth-order valence-electron chi connectivity index (χ4n) is 1.61. The monoisotopic (exact) mass is 255 g/mol. The molecule has 0 aliphatic heterocycles. The number of carbonyl (C=O) groups is 1. The largest absolute Gasteiger partial charge is 0.351 e. The zero-order valence-corrected chi connectivity index (χ0v) is 11.1. The van der Waals surface area contributed by atoms with E-state index in [4.69, 9.17) is 0 Å². The molecule has 0 saturated carbocycles. The predicted octanol–water partition coefficient (Wildman–Crippen LogP) is 3.12. The van der Waals surface area contributed by atoms with Gasteiger partial charge >= 0.3 is 0 Å². The van der Waals surface area contributed by atoms with Crippen molar-refractivity contribution in [3.63, 3.8) is 0 Å². The van der Waals surface area contributed by atoms with Gasteiger partial charge in [0.05, 0.1) is 0 Å². The SMILES string of the molecule is CC(C)(C)NC(=O)[C@](C)(c1ccccc1)C(F)F. The molecule has 0 heterocycles. The molecule has 1 amide bonds. The van der Waals surface area contributed by atoms with Crippen molar-refractivity contribution < 1.29 is 13.6 Å². The lowest BCUT2D eigenvalue weighted by Gasteiger charge is -2.32. The van der Waals surface area contributed by atoms with Gasteiger partial charge in [-0.15, -0.1) is 0 Å². The first-order valence-corrected chi connectivity index (χ1v) is 5.84. The summed E-state index contributed by atoms with van der Waals surface area (Å²) in [5, 5.41) is 2.62. The maximum absolute atomic E-state index is 13.3. The summed E-state index contributed by atoms with van der Waals surface area (Å²) in [6.07, 6.45) is -2.76. The lowest BCUT2D eigenvalue weighted by molar-refractivity contribution is -0.133. The number of amides is 1. The molecule has 0 fully saturated rings. The highest BCUT2D eigenvalue weighted by Crippen LogP contribution is 2.31. The highest BCUT2D eigenvalue weighted by molar-refractivity contribution is 5.88. The first-order valence-electron chi connectivity index (χ1n) is 5.84. The fraction of sp³-hybridized carbons (Fsp3) is 0.500. The molecule has 1 aromatic carbocycles. The van der Waals surface area contributed by atoms with Gasteiger partial charge in [-0.1, -0.05) is 30.3 Å². The third-order valence-electron chi connectivity index (χ3n) is 2.77. The molecule has 4 heteroatoms. The van der Waals surface area contributed by atoms with Crippen LogP contribution in [0.2, 0.25) is 0 Å². The molecule has 0 bridgehead atoms. The van der Waals surface area contributed by atoms with E-state index in [1.165, 1.54) is 6.92 Å². The van der Waals surface area contributed by atoms with Crippen LogP contribution >= 0.6 is 0 Å². The first kappa shape index (κ1) is 14.6. The molecule has 0 spiro atoms. The van der Waals surface area contributed by atoms with E-state index in [1.807, 2.05) is 0 Å². The molecular weight excluding hydrogens is 236 g/mol. The molecule has 0 radical (unpaired) electrons. The van der Waals surface area contributed by atoms with Gasteiger partial charge in [-0.25, -0.2) is 8.78 Å². The maximum Gasteiger partial charge on any atom is 0.256 e. The molecule has 1 N–H and O–H groups in total. The summed E-state index contributed by atoms with van der Waals surface area (Å²) in [6, 6.07) is 8.14. The maximum atomic E-state index is 13.3. The van der Waals surface area contributed by atoms with Crippen LogP contribution in [0.1, 0.15) is 33.3 Å². The molecule has 0 unspecified atom stereocenters. The van der Waals surface area contributed by atoms with E-state index in [0.29, 0.717) is 5.56 Å². The van der Waals surface area contributed by atoms with Gasteiger partial charge in [0.1, 0.15) is 5.41 Å². The molecule has 1 atom stereocenters. The highest BCUT2D eigenvalue weighted by Gasteiger charge is 2.45. The minimum atomic E-state index is -2.76. The Labute approximate surface area is 106 Å². The number of rotatable bonds is 3. The first-order chi connectivity index (χ1) is 8.18. The molecule has 0 saturated heterocycles. The Balaban J connectivity index is 3.13. The van der Waals surface area contributed by atoms with E-state index in [9.17, 15) is 13.6 Å². The summed E-state index contributed by atoms with van der Waals surface area (Å²) in [5.74, 6) is -0.656. The Morgan fingerprint density at radius 2 is 1.61 bits per heavy atom. The van der Waals surface area contributed by atoms with Crippen molar-refractivity contribution in [2.24, 2.45) is 0 Å². The Hall–Kier alpha value is -1.45. The van der Waals surface area contributed by atoms with Crippen LogP contribution in [0, 0.1) is 0 Å². The van der Waals surface area contributed by atoms with Gasteiger partial charge < -0.3 is 5.32 Å². The molecule has 2 nitrogen and oxygen atoms in total. The zero-order valence-electron chi connectivity index (χ0n) is 11.1. The average Bonchev–Trinajstić information content (AvgIpc) is 2.26. The van der Waals surface area contributed by atoms with Crippen molar-refractivity contribution in [1.82, 2.24) is 5.32 Å². The third-order valence-corrected chi connectivity index (χ3v) is 2.77. The lowest BCUT2D eigenvalue weighted by atomic mass is 9.81. The van der Waals surface area contributed by atoms with Crippen LogP contribution in [0.4, 0.5) is 8.78 Å². The summed E-state index contributed by atoms with van der Waals surface area (Å²) < 4.78 is 26.7. The lowest BCUT2D eigenvalue weighted by Crippen LogP contribution is -2.53. The summed E-state index contributed by atoms with van der Waals surface area (Å²) in [4.78, 5) is 12.1. The highest BCUT2D eigenvalue weighted by atomic mass is 19.3. The number of hydrogen-bond acceptors (Lipinski definition) is 1. The molecule has 1 rings (SSSR count). The Morgan fingerprint density at radius 3 is 2.00 bits per heavy atom. The molecule has 0 aromatic heterocycles. The fourth-order valence-corrected chi connectivity index (χ4v) is 1.61. The minimum absolute atomic E-state index is 0.321. The van der Waals surface area contributed by atoms with Crippen LogP contribution in [0.3, 0.4) is 0 Å². The van der Waals surface area contributed by atoms with Gasteiger partial charge in [0.15, 0.2) is 0 Å². The van der Waals surface area contributed by atoms with Gasteiger partial charge in [-0.2, -0.15) is 0 Å². The van der Waals surface area contributed by atoms with Crippen LogP contribution in [0.15, 0.2) is 30.3 Å². The zero-order chi connectivity index (χ0) is 14.0. The number of hydrogen-bond donors (Lipinski definition) is 1. The normalized spacial score (nSPS) is 15.3. The predicted molar refractivity (Wildman–Crippen MR) is 67.7 cm³/mol. The number of nitrogens with one attached hydrogen (secondary N) is 1. The van der Waals surface area contributed by atoms with E-state index in [-0.39, 0.29) is 0 Å². The van der Waals surface area contributed by atoms with E-state index in [0.717, 1.165) is 0 Å². The van der Waals surface area contributed by atoms with Crippen LogP contribution < -0.4 is 5.32 Å². The van der Waals surface area contributed by atoms with Crippen molar-refractivity contribution in [2.45, 2.75) is 45.1 Å². The van der Waals surface area contributed by atoms with Gasteiger partial charge in [0, 0.05) is 5.54 Å². The Bertz CT molecular complexity index is 412. The van der Waals surface area contributed by atoms with Crippen LogP contribution in [0.25, 0.3) is 0 Å². The summed E-state index contributed by atoms with van der Waals surface area (Å²) in [6.45, 7) is 6.57. The molecule has 1 aromatic rings. The molecule has 0 aliphatic carbocycles. The van der Waals surface area contributed by atoms with Gasteiger partial charge in [-0.05, 0) is 33.3 Å². The van der Waals surface area contributed by atoms with Crippen molar-refractivity contribution in [1.29, 1.82) is 0 Å². The number of carbonyl (C=O) groups excluding carboxylic acids is 1. The van der Waals surface area contributed by atoms with Crippen molar-refractivity contribution in [3.05, 3.63) is 35.9 Å². The van der Waals surface area contributed by atoms with E-state index >= 15 is 0 Å². The molecule has 18 heavy (non-hydrogen) atoms. The third kappa shape index (κ3) is 3.06. The van der Waals surface area contributed by atoms with Crippen molar-refractivity contribution in [2.75, 3.05) is 0 Å². The number of benzene rings is 1. The van der Waals surface area contributed by atoms with E-state index < -0.39 is 23.3 Å². The van der Waals surface area contributed by atoms with Crippen molar-refractivity contribution in [3.8, 4) is 0 Å². The second-order valence-electron chi connectivity index (χ2n) is 5.57.